The monoisotopic (exact) mass is 415 g/mol. The third-order valence-corrected chi connectivity index (χ3v) is 5.43. The van der Waals surface area contributed by atoms with Gasteiger partial charge in [-0.05, 0) is 59.7 Å². The summed E-state index contributed by atoms with van der Waals surface area (Å²) in [6, 6.07) is 29.8. The molecule has 0 aliphatic carbocycles. The van der Waals surface area contributed by atoms with Gasteiger partial charge in [-0.3, -0.25) is 0 Å². The molecule has 1 nitrogen and oxygen atoms in total. The van der Waals surface area contributed by atoms with Crippen LogP contribution in [0.3, 0.4) is 0 Å². The molecule has 0 amide bonds. The summed E-state index contributed by atoms with van der Waals surface area (Å²) in [6.45, 7) is 0. The van der Waals surface area contributed by atoms with E-state index in [1.807, 2.05) is 24.3 Å². The SMILES string of the molecule is Fc1ccc(N2c3ccccc3-c3ccccc3-c3cc(Br)ccc32)cc1. The largest absolute Gasteiger partial charge is 0.309 e. The number of para-hydroxylation sites is 1. The lowest BCUT2D eigenvalue weighted by Crippen LogP contribution is -2.10. The average Bonchev–Trinajstić information content (AvgIpc) is 2.82. The maximum atomic E-state index is 13.6. The first kappa shape index (κ1) is 16.3. The highest BCUT2D eigenvalue weighted by Gasteiger charge is 2.25. The second-order valence-corrected chi connectivity index (χ2v) is 7.45. The highest BCUT2D eigenvalue weighted by atomic mass is 79.9. The smallest absolute Gasteiger partial charge is 0.123 e. The average molecular weight is 416 g/mol. The predicted molar refractivity (Wildman–Crippen MR) is 113 cm³/mol. The molecule has 0 saturated heterocycles. The molecule has 0 spiro atoms. The van der Waals surface area contributed by atoms with Gasteiger partial charge in [0.2, 0.25) is 0 Å². The summed E-state index contributed by atoms with van der Waals surface area (Å²) in [5.41, 5.74) is 7.76. The van der Waals surface area contributed by atoms with Gasteiger partial charge in [0.1, 0.15) is 5.82 Å². The fraction of sp³-hybridized carbons (Fsp3) is 0. The quantitative estimate of drug-likeness (QED) is 0.271. The summed E-state index contributed by atoms with van der Waals surface area (Å²) < 4.78 is 14.6. The maximum absolute atomic E-state index is 13.6. The van der Waals surface area contributed by atoms with E-state index in [1.165, 1.54) is 23.3 Å². The Hall–Kier alpha value is -2.91. The van der Waals surface area contributed by atoms with Crippen molar-refractivity contribution in [2.45, 2.75) is 0 Å². The van der Waals surface area contributed by atoms with Crippen molar-refractivity contribution in [1.82, 2.24) is 0 Å². The summed E-state index contributed by atoms with van der Waals surface area (Å²) in [5.74, 6) is -0.235. The molecule has 1 aliphatic rings. The summed E-state index contributed by atoms with van der Waals surface area (Å²) >= 11 is 3.62. The van der Waals surface area contributed by atoms with Gasteiger partial charge in [0.05, 0.1) is 11.4 Å². The molecule has 27 heavy (non-hydrogen) atoms. The van der Waals surface area contributed by atoms with Crippen LogP contribution in [0.2, 0.25) is 0 Å². The number of fused-ring (bicyclic) bond motifs is 5. The summed E-state index contributed by atoms with van der Waals surface area (Å²) in [6.07, 6.45) is 0. The highest BCUT2D eigenvalue weighted by molar-refractivity contribution is 9.10. The van der Waals surface area contributed by atoms with Crippen molar-refractivity contribution >= 4 is 33.0 Å². The molecular formula is C24H15BrFN. The third-order valence-electron chi connectivity index (χ3n) is 4.94. The molecule has 3 heteroatoms. The number of anilines is 3. The maximum Gasteiger partial charge on any atom is 0.123 e. The van der Waals surface area contributed by atoms with Crippen LogP contribution in [0.4, 0.5) is 21.5 Å². The van der Waals surface area contributed by atoms with Crippen molar-refractivity contribution in [3.8, 4) is 22.3 Å². The first-order valence-electron chi connectivity index (χ1n) is 8.76. The van der Waals surface area contributed by atoms with E-state index in [9.17, 15) is 4.39 Å². The summed E-state index contributed by atoms with van der Waals surface area (Å²) in [7, 11) is 0. The molecule has 0 bridgehead atoms. The van der Waals surface area contributed by atoms with Crippen molar-refractivity contribution < 1.29 is 4.39 Å². The van der Waals surface area contributed by atoms with Crippen molar-refractivity contribution in [2.75, 3.05) is 4.90 Å². The summed E-state index contributed by atoms with van der Waals surface area (Å²) in [5, 5.41) is 0. The minimum atomic E-state index is -0.235. The van der Waals surface area contributed by atoms with E-state index in [1.54, 1.807) is 0 Å². The Kier molecular flexibility index (Phi) is 3.83. The fourth-order valence-electron chi connectivity index (χ4n) is 3.77. The molecule has 1 aliphatic heterocycles. The molecule has 0 radical (unpaired) electrons. The topological polar surface area (TPSA) is 3.24 Å². The second kappa shape index (κ2) is 6.36. The van der Waals surface area contributed by atoms with Gasteiger partial charge in [0.15, 0.2) is 0 Å². The van der Waals surface area contributed by atoms with Crippen molar-refractivity contribution in [3.05, 3.63) is 101 Å². The molecule has 0 atom stereocenters. The van der Waals surface area contributed by atoms with Crippen LogP contribution < -0.4 is 4.90 Å². The minimum Gasteiger partial charge on any atom is -0.309 e. The van der Waals surface area contributed by atoms with Crippen LogP contribution in [0.5, 0.6) is 0 Å². The lowest BCUT2D eigenvalue weighted by molar-refractivity contribution is 0.628. The van der Waals surface area contributed by atoms with Crippen LogP contribution in [0.25, 0.3) is 22.3 Å². The number of hydrogen-bond acceptors (Lipinski definition) is 1. The molecule has 1 heterocycles. The Labute approximate surface area is 165 Å². The van der Waals surface area contributed by atoms with Crippen LogP contribution in [0.1, 0.15) is 0 Å². The third kappa shape index (κ3) is 2.66. The van der Waals surface area contributed by atoms with Crippen LogP contribution in [-0.2, 0) is 0 Å². The van der Waals surface area contributed by atoms with E-state index in [4.69, 9.17) is 0 Å². The van der Waals surface area contributed by atoms with Gasteiger partial charge >= 0.3 is 0 Å². The standard InChI is InChI=1S/C24H15BrFN/c25-16-9-14-24-22(15-16)20-6-2-1-5-19(20)21-7-3-4-8-23(21)27(24)18-12-10-17(26)11-13-18/h1-15H. The van der Waals surface area contributed by atoms with Crippen molar-refractivity contribution in [1.29, 1.82) is 0 Å². The number of rotatable bonds is 1. The van der Waals surface area contributed by atoms with Gasteiger partial charge in [-0.2, -0.15) is 0 Å². The Bertz CT molecular complexity index is 1150. The molecule has 130 valence electrons. The Morgan fingerprint density at radius 1 is 0.593 bits per heavy atom. The van der Waals surface area contributed by atoms with E-state index in [0.29, 0.717) is 0 Å². The molecule has 0 unspecified atom stereocenters. The van der Waals surface area contributed by atoms with Gasteiger partial charge in [-0.25, -0.2) is 4.39 Å². The Morgan fingerprint density at radius 3 is 1.93 bits per heavy atom. The zero-order valence-corrected chi connectivity index (χ0v) is 15.9. The molecule has 0 saturated carbocycles. The van der Waals surface area contributed by atoms with Crippen LogP contribution >= 0.6 is 15.9 Å². The molecule has 0 fully saturated rings. The van der Waals surface area contributed by atoms with Crippen LogP contribution in [0, 0.1) is 5.82 Å². The van der Waals surface area contributed by atoms with Gasteiger partial charge in [-0.1, -0.05) is 58.4 Å². The van der Waals surface area contributed by atoms with Crippen LogP contribution in [0.15, 0.2) is 95.5 Å². The first-order chi connectivity index (χ1) is 13.2. The normalized spacial score (nSPS) is 12.0. The van der Waals surface area contributed by atoms with Gasteiger partial charge < -0.3 is 4.90 Å². The van der Waals surface area contributed by atoms with E-state index >= 15 is 0 Å². The minimum absolute atomic E-state index is 0.235. The first-order valence-corrected chi connectivity index (χ1v) is 9.56. The van der Waals surface area contributed by atoms with Gasteiger partial charge in [0, 0.05) is 21.3 Å². The molecule has 5 rings (SSSR count). The van der Waals surface area contributed by atoms with Gasteiger partial charge in [0.25, 0.3) is 0 Å². The van der Waals surface area contributed by atoms with Crippen molar-refractivity contribution in [2.24, 2.45) is 0 Å². The molecule has 0 aromatic heterocycles. The fourth-order valence-corrected chi connectivity index (χ4v) is 4.13. The van der Waals surface area contributed by atoms with Crippen molar-refractivity contribution in [3.63, 3.8) is 0 Å². The van der Waals surface area contributed by atoms with E-state index in [2.05, 4.69) is 75.4 Å². The zero-order valence-electron chi connectivity index (χ0n) is 14.4. The summed E-state index contributed by atoms with van der Waals surface area (Å²) in [4.78, 5) is 2.20. The number of halogens is 2. The predicted octanol–water partition coefficient (Wildman–Crippen LogP) is 7.71. The Morgan fingerprint density at radius 2 is 1.19 bits per heavy atom. The molecule has 4 aromatic carbocycles. The number of hydrogen-bond donors (Lipinski definition) is 0. The molecule has 4 aromatic rings. The lowest BCUT2D eigenvalue weighted by atomic mass is 9.95. The van der Waals surface area contributed by atoms with E-state index in [0.717, 1.165) is 32.7 Å². The van der Waals surface area contributed by atoms with Gasteiger partial charge in [-0.15, -0.1) is 0 Å². The van der Waals surface area contributed by atoms with E-state index in [-0.39, 0.29) is 5.82 Å². The number of benzene rings is 4. The lowest BCUT2D eigenvalue weighted by Gasteiger charge is -2.27. The zero-order chi connectivity index (χ0) is 18.4. The molecular weight excluding hydrogens is 401 g/mol. The Balaban J connectivity index is 1.90. The molecule has 0 N–H and O–H groups in total. The highest BCUT2D eigenvalue weighted by Crippen LogP contribution is 2.50. The number of nitrogens with zero attached hydrogens (tertiary/aromatic N) is 1. The van der Waals surface area contributed by atoms with Crippen LogP contribution in [-0.4, -0.2) is 0 Å². The van der Waals surface area contributed by atoms with E-state index < -0.39 is 0 Å². The second-order valence-electron chi connectivity index (χ2n) is 6.54.